The van der Waals surface area contributed by atoms with Crippen molar-refractivity contribution >= 4 is 33.3 Å². The summed E-state index contributed by atoms with van der Waals surface area (Å²) in [4.78, 5) is 24.5. The third-order valence-corrected chi connectivity index (χ3v) is 6.95. The summed E-state index contributed by atoms with van der Waals surface area (Å²) in [5.74, 6) is -1.07. The van der Waals surface area contributed by atoms with E-state index in [1.54, 1.807) is 24.3 Å². The molecule has 3 aromatic rings. The van der Waals surface area contributed by atoms with Gasteiger partial charge in [-0.05, 0) is 47.9 Å². The third-order valence-electron chi connectivity index (χ3n) is 5.08. The summed E-state index contributed by atoms with van der Waals surface area (Å²) >= 11 is 0. The van der Waals surface area contributed by atoms with Gasteiger partial charge in [-0.15, -0.1) is 0 Å². The Kier molecular flexibility index (Phi) is 6.23. The molecule has 164 valence electrons. The van der Waals surface area contributed by atoms with Gasteiger partial charge in [-0.1, -0.05) is 48.5 Å². The zero-order valence-corrected chi connectivity index (χ0v) is 18.0. The Morgan fingerprint density at radius 3 is 2.31 bits per heavy atom. The maximum Gasteiger partial charge on any atom is 0.338 e. The Morgan fingerprint density at radius 1 is 0.906 bits per heavy atom. The van der Waals surface area contributed by atoms with E-state index in [0.717, 1.165) is 11.1 Å². The average Bonchev–Trinajstić information content (AvgIpc) is 3.17. The van der Waals surface area contributed by atoms with E-state index in [1.165, 1.54) is 16.4 Å². The molecule has 1 aliphatic heterocycles. The van der Waals surface area contributed by atoms with Gasteiger partial charge in [-0.3, -0.25) is 9.10 Å². The Bertz CT molecular complexity index is 1220. The largest absolute Gasteiger partial charge is 0.452 e. The van der Waals surface area contributed by atoms with Crippen LogP contribution in [0.3, 0.4) is 0 Å². The van der Waals surface area contributed by atoms with Gasteiger partial charge in [0.1, 0.15) is 0 Å². The number of hydrogen-bond donors (Lipinski definition) is 1. The summed E-state index contributed by atoms with van der Waals surface area (Å²) in [7, 11) is -3.35. The average molecular weight is 451 g/mol. The van der Waals surface area contributed by atoms with Crippen LogP contribution in [0.5, 0.6) is 0 Å². The Morgan fingerprint density at radius 2 is 1.62 bits per heavy atom. The quantitative estimate of drug-likeness (QED) is 0.578. The van der Waals surface area contributed by atoms with Crippen molar-refractivity contribution in [2.75, 3.05) is 28.5 Å². The number of nitrogens with one attached hydrogen (secondary N) is 1. The molecule has 3 aromatic carbocycles. The fraction of sp³-hybridized carbons (Fsp3) is 0.167. The fourth-order valence-electron chi connectivity index (χ4n) is 3.51. The van der Waals surface area contributed by atoms with E-state index in [9.17, 15) is 18.0 Å². The molecule has 0 aliphatic carbocycles. The molecule has 0 spiro atoms. The number of sulfonamides is 1. The lowest BCUT2D eigenvalue weighted by atomic mass is 10.1. The molecule has 0 unspecified atom stereocenters. The van der Waals surface area contributed by atoms with Crippen molar-refractivity contribution in [2.24, 2.45) is 0 Å². The lowest BCUT2D eigenvalue weighted by molar-refractivity contribution is -0.119. The standard InChI is InChI=1S/C24H22N2O5S/c27-23(25-21-12-10-19(11-13-21)18-6-2-1-3-7-18)17-31-24(28)20-8-4-9-22(16-20)26-14-5-15-32(26,29)30/h1-4,6-13,16H,5,14-15,17H2,(H,25,27). The van der Waals surface area contributed by atoms with Crippen LogP contribution in [0.4, 0.5) is 11.4 Å². The molecular formula is C24H22N2O5S. The molecule has 1 fully saturated rings. The van der Waals surface area contributed by atoms with Gasteiger partial charge in [0.05, 0.1) is 17.0 Å². The number of rotatable bonds is 6. The van der Waals surface area contributed by atoms with Crippen LogP contribution in [-0.4, -0.2) is 39.2 Å². The Labute approximate surface area is 186 Å². The summed E-state index contributed by atoms with van der Waals surface area (Å²) < 4.78 is 30.6. The van der Waals surface area contributed by atoms with Gasteiger partial charge in [-0.2, -0.15) is 0 Å². The number of esters is 1. The van der Waals surface area contributed by atoms with Crippen LogP contribution in [0.25, 0.3) is 11.1 Å². The van der Waals surface area contributed by atoms with E-state index in [2.05, 4.69) is 5.32 Å². The first-order valence-corrected chi connectivity index (χ1v) is 11.8. The van der Waals surface area contributed by atoms with E-state index < -0.39 is 28.5 Å². The summed E-state index contributed by atoms with van der Waals surface area (Å²) in [6, 6.07) is 23.4. The zero-order chi connectivity index (χ0) is 22.6. The Hall–Kier alpha value is -3.65. The van der Waals surface area contributed by atoms with E-state index in [1.807, 2.05) is 42.5 Å². The number of amides is 1. The minimum atomic E-state index is -3.35. The topological polar surface area (TPSA) is 92.8 Å². The monoisotopic (exact) mass is 450 g/mol. The van der Waals surface area contributed by atoms with Gasteiger partial charge in [0, 0.05) is 12.2 Å². The second kappa shape index (κ2) is 9.23. The highest BCUT2D eigenvalue weighted by Gasteiger charge is 2.28. The molecule has 8 heteroatoms. The van der Waals surface area contributed by atoms with Crippen molar-refractivity contribution in [3.8, 4) is 11.1 Å². The molecule has 4 rings (SSSR count). The van der Waals surface area contributed by atoms with E-state index in [-0.39, 0.29) is 11.3 Å². The van der Waals surface area contributed by atoms with Crippen molar-refractivity contribution in [3.63, 3.8) is 0 Å². The number of ether oxygens (including phenoxy) is 1. The molecular weight excluding hydrogens is 428 g/mol. The van der Waals surface area contributed by atoms with Crippen LogP contribution in [0.1, 0.15) is 16.8 Å². The SMILES string of the molecule is O=C(COC(=O)c1cccc(N2CCCS2(=O)=O)c1)Nc1ccc(-c2ccccc2)cc1. The Balaban J connectivity index is 1.33. The molecule has 0 radical (unpaired) electrons. The number of hydrogen-bond acceptors (Lipinski definition) is 5. The minimum Gasteiger partial charge on any atom is -0.452 e. The fourth-order valence-corrected chi connectivity index (χ4v) is 5.06. The third kappa shape index (κ3) is 4.97. The van der Waals surface area contributed by atoms with Gasteiger partial charge in [0.15, 0.2) is 6.61 Å². The number of anilines is 2. The molecule has 7 nitrogen and oxygen atoms in total. The van der Waals surface area contributed by atoms with Gasteiger partial charge in [0.2, 0.25) is 10.0 Å². The van der Waals surface area contributed by atoms with Crippen LogP contribution in [0, 0.1) is 0 Å². The molecule has 0 aromatic heterocycles. The van der Waals surface area contributed by atoms with Crippen molar-refractivity contribution in [1.29, 1.82) is 0 Å². The zero-order valence-electron chi connectivity index (χ0n) is 17.2. The van der Waals surface area contributed by atoms with Crippen LogP contribution in [-0.2, 0) is 19.6 Å². The highest BCUT2D eigenvalue weighted by Crippen LogP contribution is 2.25. The maximum absolute atomic E-state index is 12.4. The molecule has 1 saturated heterocycles. The van der Waals surface area contributed by atoms with Crippen LogP contribution in [0.2, 0.25) is 0 Å². The first-order chi connectivity index (χ1) is 15.4. The first-order valence-electron chi connectivity index (χ1n) is 10.2. The number of benzene rings is 3. The van der Waals surface area contributed by atoms with E-state index in [0.29, 0.717) is 24.3 Å². The molecule has 0 atom stereocenters. The smallest absolute Gasteiger partial charge is 0.338 e. The molecule has 1 aliphatic rings. The molecule has 0 bridgehead atoms. The first kappa shape index (κ1) is 21.6. The van der Waals surface area contributed by atoms with Crippen molar-refractivity contribution < 1.29 is 22.7 Å². The highest BCUT2D eigenvalue weighted by atomic mass is 32.2. The lowest BCUT2D eigenvalue weighted by Crippen LogP contribution is -2.25. The minimum absolute atomic E-state index is 0.0914. The summed E-state index contributed by atoms with van der Waals surface area (Å²) in [6.07, 6.45) is 0.545. The molecule has 32 heavy (non-hydrogen) atoms. The number of nitrogens with zero attached hydrogens (tertiary/aromatic N) is 1. The van der Waals surface area contributed by atoms with Crippen molar-refractivity contribution in [3.05, 3.63) is 84.4 Å². The maximum atomic E-state index is 12.4. The van der Waals surface area contributed by atoms with Crippen molar-refractivity contribution in [2.45, 2.75) is 6.42 Å². The van der Waals surface area contributed by atoms with Crippen molar-refractivity contribution in [1.82, 2.24) is 0 Å². The predicted octanol–water partition coefficient (Wildman–Crippen LogP) is 3.69. The molecule has 1 amide bonds. The van der Waals surface area contributed by atoms with E-state index in [4.69, 9.17) is 4.74 Å². The molecule has 0 saturated carbocycles. The van der Waals surface area contributed by atoms with Crippen LogP contribution < -0.4 is 9.62 Å². The van der Waals surface area contributed by atoms with Crippen LogP contribution in [0.15, 0.2) is 78.9 Å². The second-order valence-electron chi connectivity index (χ2n) is 7.36. The summed E-state index contributed by atoms with van der Waals surface area (Å²) in [6.45, 7) is -0.0716. The summed E-state index contributed by atoms with van der Waals surface area (Å²) in [5.41, 5.74) is 3.29. The second-order valence-corrected chi connectivity index (χ2v) is 9.37. The van der Waals surface area contributed by atoms with Gasteiger partial charge >= 0.3 is 5.97 Å². The van der Waals surface area contributed by atoms with Crippen LogP contribution >= 0.6 is 0 Å². The summed E-state index contributed by atoms with van der Waals surface area (Å²) in [5, 5.41) is 2.69. The van der Waals surface area contributed by atoms with Gasteiger partial charge < -0.3 is 10.1 Å². The molecule has 1 N–H and O–H groups in total. The van der Waals surface area contributed by atoms with E-state index >= 15 is 0 Å². The normalized spacial score (nSPS) is 14.7. The number of carbonyl (C=O) groups excluding carboxylic acids is 2. The number of carbonyl (C=O) groups is 2. The van der Waals surface area contributed by atoms with Gasteiger partial charge in [-0.25, -0.2) is 13.2 Å². The molecule has 1 heterocycles. The van der Waals surface area contributed by atoms with Gasteiger partial charge in [0.25, 0.3) is 5.91 Å². The predicted molar refractivity (Wildman–Crippen MR) is 123 cm³/mol. The highest BCUT2D eigenvalue weighted by molar-refractivity contribution is 7.93. The lowest BCUT2D eigenvalue weighted by Gasteiger charge is -2.17.